The Hall–Kier alpha value is -3.68. The number of esters is 1. The molecule has 1 aromatic heterocycles. The molecule has 0 saturated carbocycles. The predicted molar refractivity (Wildman–Crippen MR) is 101 cm³/mol. The highest BCUT2D eigenvalue weighted by atomic mass is 16.6. The van der Waals surface area contributed by atoms with Crippen molar-refractivity contribution in [3.63, 3.8) is 0 Å². The molecule has 8 nitrogen and oxygen atoms in total. The minimum absolute atomic E-state index is 0.0445. The summed E-state index contributed by atoms with van der Waals surface area (Å²) in [5, 5.41) is 3.95. The van der Waals surface area contributed by atoms with Crippen molar-refractivity contribution >= 4 is 5.97 Å². The molecule has 0 bridgehead atoms. The van der Waals surface area contributed by atoms with E-state index >= 15 is 0 Å². The van der Waals surface area contributed by atoms with Crippen molar-refractivity contribution in [1.82, 2.24) is 5.16 Å². The Balaban J connectivity index is 1.38. The molecule has 8 heteroatoms. The first kappa shape index (κ1) is 18.7. The molecule has 4 rings (SSSR count). The van der Waals surface area contributed by atoms with Gasteiger partial charge in [0.2, 0.25) is 6.10 Å². The molecule has 2 aromatic carbocycles. The van der Waals surface area contributed by atoms with Crippen LogP contribution in [0.5, 0.6) is 23.0 Å². The van der Waals surface area contributed by atoms with E-state index in [1.54, 1.807) is 50.6 Å². The van der Waals surface area contributed by atoms with Gasteiger partial charge in [0.1, 0.15) is 18.9 Å². The smallest absolute Gasteiger partial charge is 0.351 e. The average molecular weight is 397 g/mol. The molecular formula is C21H19NO7. The van der Waals surface area contributed by atoms with Gasteiger partial charge >= 0.3 is 5.97 Å². The molecule has 29 heavy (non-hydrogen) atoms. The fourth-order valence-electron chi connectivity index (χ4n) is 2.88. The van der Waals surface area contributed by atoms with E-state index in [2.05, 4.69) is 5.16 Å². The zero-order valence-corrected chi connectivity index (χ0v) is 15.9. The molecule has 0 amide bonds. The second-order valence-corrected chi connectivity index (χ2v) is 6.22. The normalized spacial score (nSPS) is 14.9. The van der Waals surface area contributed by atoms with E-state index < -0.39 is 12.1 Å². The van der Waals surface area contributed by atoms with E-state index in [1.807, 2.05) is 12.1 Å². The maximum absolute atomic E-state index is 12.3. The van der Waals surface area contributed by atoms with Gasteiger partial charge in [-0.1, -0.05) is 17.3 Å². The lowest BCUT2D eigenvalue weighted by molar-refractivity contribution is -0.156. The van der Waals surface area contributed by atoms with E-state index in [1.165, 1.54) is 0 Å². The summed E-state index contributed by atoms with van der Waals surface area (Å²) in [6.45, 7) is 0.0443. The van der Waals surface area contributed by atoms with Gasteiger partial charge in [0, 0.05) is 11.6 Å². The highest BCUT2D eigenvalue weighted by molar-refractivity contribution is 5.76. The number of rotatable bonds is 6. The first-order chi connectivity index (χ1) is 14.2. The SMILES string of the molecule is COc1ccc(-c2cc(COC(=O)C3COc4ccccc4O3)no2)cc1OC. The molecular weight excluding hydrogens is 378 g/mol. The quantitative estimate of drug-likeness (QED) is 0.586. The average Bonchev–Trinajstić information content (AvgIpc) is 3.25. The maximum atomic E-state index is 12.3. The van der Waals surface area contributed by atoms with Crippen LogP contribution >= 0.6 is 0 Å². The van der Waals surface area contributed by atoms with Gasteiger partial charge in [-0.25, -0.2) is 4.79 Å². The van der Waals surface area contributed by atoms with E-state index in [9.17, 15) is 4.79 Å². The summed E-state index contributed by atoms with van der Waals surface area (Å²) in [6.07, 6.45) is -0.831. The second kappa shape index (κ2) is 8.14. The topological polar surface area (TPSA) is 89.3 Å². The molecule has 1 unspecified atom stereocenters. The summed E-state index contributed by atoms with van der Waals surface area (Å²) < 4.78 is 32.3. The first-order valence-electron chi connectivity index (χ1n) is 8.91. The fraction of sp³-hybridized carbons (Fsp3) is 0.238. The number of hydrogen-bond donors (Lipinski definition) is 0. The number of ether oxygens (including phenoxy) is 5. The third kappa shape index (κ3) is 3.96. The second-order valence-electron chi connectivity index (χ2n) is 6.22. The molecule has 3 aromatic rings. The van der Waals surface area contributed by atoms with Gasteiger partial charge in [-0.15, -0.1) is 0 Å². The number of methoxy groups -OCH3 is 2. The van der Waals surface area contributed by atoms with Crippen LogP contribution in [0.4, 0.5) is 0 Å². The minimum Gasteiger partial charge on any atom is -0.493 e. The standard InChI is InChI=1S/C21H19NO7/c1-24-15-8-7-13(9-19(15)25-2)18-10-14(22-29-18)11-27-21(23)20-12-26-16-5-3-4-6-17(16)28-20/h3-10,20H,11-12H2,1-2H3. The Morgan fingerprint density at radius 1 is 1.07 bits per heavy atom. The van der Waals surface area contributed by atoms with Gasteiger partial charge in [-0.05, 0) is 30.3 Å². The van der Waals surface area contributed by atoms with Gasteiger partial charge < -0.3 is 28.2 Å². The Bertz CT molecular complexity index is 1010. The molecule has 0 N–H and O–H groups in total. The van der Waals surface area contributed by atoms with Crippen LogP contribution in [0.15, 0.2) is 53.1 Å². The van der Waals surface area contributed by atoms with Gasteiger partial charge in [-0.3, -0.25) is 0 Å². The van der Waals surface area contributed by atoms with Gasteiger partial charge in [0.05, 0.1) is 14.2 Å². The number of benzene rings is 2. The number of aromatic nitrogens is 1. The largest absolute Gasteiger partial charge is 0.493 e. The fourth-order valence-corrected chi connectivity index (χ4v) is 2.88. The van der Waals surface area contributed by atoms with Crippen molar-refractivity contribution < 1.29 is 33.0 Å². The Kier molecular flexibility index (Phi) is 5.24. The molecule has 150 valence electrons. The monoisotopic (exact) mass is 397 g/mol. The molecule has 0 fully saturated rings. The lowest BCUT2D eigenvalue weighted by Gasteiger charge is -2.24. The Labute approximate surface area is 166 Å². The predicted octanol–water partition coefficient (Wildman–Crippen LogP) is 3.24. The van der Waals surface area contributed by atoms with Crippen LogP contribution in [0.25, 0.3) is 11.3 Å². The Morgan fingerprint density at radius 2 is 1.86 bits per heavy atom. The molecule has 2 heterocycles. The van der Waals surface area contributed by atoms with E-state index in [0.717, 1.165) is 5.56 Å². The summed E-state index contributed by atoms with van der Waals surface area (Å²) in [7, 11) is 3.13. The minimum atomic E-state index is -0.831. The number of hydrogen-bond acceptors (Lipinski definition) is 8. The number of nitrogens with zero attached hydrogens (tertiary/aromatic N) is 1. The van der Waals surface area contributed by atoms with Crippen LogP contribution in [-0.2, 0) is 16.1 Å². The molecule has 0 aliphatic carbocycles. The highest BCUT2D eigenvalue weighted by Crippen LogP contribution is 2.33. The van der Waals surface area contributed by atoms with E-state index in [-0.39, 0.29) is 13.2 Å². The van der Waals surface area contributed by atoms with E-state index in [4.69, 9.17) is 28.2 Å². The molecule has 1 aliphatic rings. The first-order valence-corrected chi connectivity index (χ1v) is 8.91. The van der Waals surface area contributed by atoms with Crippen molar-refractivity contribution in [3.05, 3.63) is 54.2 Å². The summed E-state index contributed by atoms with van der Waals surface area (Å²) in [6, 6.07) is 14.2. The Morgan fingerprint density at radius 3 is 2.66 bits per heavy atom. The molecule has 1 atom stereocenters. The van der Waals surface area contributed by atoms with Crippen molar-refractivity contribution in [2.24, 2.45) is 0 Å². The van der Waals surface area contributed by atoms with Crippen molar-refractivity contribution in [3.8, 4) is 34.3 Å². The van der Waals surface area contributed by atoms with Crippen LogP contribution in [-0.4, -0.2) is 38.1 Å². The number of para-hydroxylation sites is 2. The van der Waals surface area contributed by atoms with Crippen LogP contribution in [0.2, 0.25) is 0 Å². The molecule has 0 spiro atoms. The lowest BCUT2D eigenvalue weighted by atomic mass is 10.1. The zero-order chi connectivity index (χ0) is 20.2. The molecule has 0 radical (unpaired) electrons. The van der Waals surface area contributed by atoms with Crippen LogP contribution in [0, 0.1) is 0 Å². The van der Waals surface area contributed by atoms with E-state index in [0.29, 0.717) is 34.5 Å². The van der Waals surface area contributed by atoms with Crippen molar-refractivity contribution in [2.45, 2.75) is 12.7 Å². The number of carbonyl (C=O) groups is 1. The summed E-state index contributed by atoms with van der Waals surface area (Å²) in [5.74, 6) is 2.29. The summed E-state index contributed by atoms with van der Waals surface area (Å²) in [4.78, 5) is 12.3. The maximum Gasteiger partial charge on any atom is 0.351 e. The third-order valence-corrected chi connectivity index (χ3v) is 4.36. The number of carbonyl (C=O) groups excluding carboxylic acids is 1. The molecule has 0 saturated heterocycles. The van der Waals surface area contributed by atoms with Crippen molar-refractivity contribution in [2.75, 3.05) is 20.8 Å². The van der Waals surface area contributed by atoms with Crippen LogP contribution < -0.4 is 18.9 Å². The van der Waals surface area contributed by atoms with Gasteiger partial charge in [0.25, 0.3) is 0 Å². The van der Waals surface area contributed by atoms with Crippen LogP contribution in [0.1, 0.15) is 5.69 Å². The van der Waals surface area contributed by atoms with Gasteiger partial charge in [-0.2, -0.15) is 0 Å². The lowest BCUT2D eigenvalue weighted by Crippen LogP contribution is -2.37. The summed E-state index contributed by atoms with van der Waals surface area (Å²) in [5.41, 5.74) is 1.23. The zero-order valence-electron chi connectivity index (χ0n) is 15.9. The number of fused-ring (bicyclic) bond motifs is 1. The third-order valence-electron chi connectivity index (χ3n) is 4.36. The van der Waals surface area contributed by atoms with Crippen LogP contribution in [0.3, 0.4) is 0 Å². The summed E-state index contributed by atoms with van der Waals surface area (Å²) >= 11 is 0. The highest BCUT2D eigenvalue weighted by Gasteiger charge is 2.29. The van der Waals surface area contributed by atoms with Gasteiger partial charge in [0.15, 0.2) is 28.8 Å². The van der Waals surface area contributed by atoms with Crippen molar-refractivity contribution in [1.29, 1.82) is 0 Å². The molecule has 1 aliphatic heterocycles.